The Morgan fingerprint density at radius 2 is 2.10 bits per heavy atom. The summed E-state index contributed by atoms with van der Waals surface area (Å²) in [5.74, 6) is 0.412. The number of anilines is 1. The molecule has 0 radical (unpaired) electrons. The third-order valence-electron chi connectivity index (χ3n) is 4.15. The van der Waals surface area contributed by atoms with Crippen molar-refractivity contribution in [3.05, 3.63) is 28.3 Å². The van der Waals surface area contributed by atoms with E-state index in [1.807, 2.05) is 0 Å². The number of non-ortho nitro benzene ring substituents is 1. The molecule has 8 heteroatoms. The zero-order valence-corrected chi connectivity index (χ0v) is 11.5. The molecule has 2 atom stereocenters. The summed E-state index contributed by atoms with van der Waals surface area (Å²) in [7, 11) is -3.75. The Morgan fingerprint density at radius 1 is 1.35 bits per heavy atom. The molecule has 1 aromatic rings. The first-order valence-corrected chi connectivity index (χ1v) is 7.89. The second-order valence-corrected chi connectivity index (χ2v) is 7.25. The average Bonchev–Trinajstić information content (AvgIpc) is 3.01. The van der Waals surface area contributed by atoms with Crippen molar-refractivity contribution in [2.24, 2.45) is 5.92 Å². The van der Waals surface area contributed by atoms with E-state index < -0.39 is 14.9 Å². The van der Waals surface area contributed by atoms with Crippen molar-refractivity contribution in [1.29, 1.82) is 0 Å². The first kappa shape index (κ1) is 13.3. The maximum atomic E-state index is 12.6. The minimum absolute atomic E-state index is 0.0173. The molecule has 2 fully saturated rings. The van der Waals surface area contributed by atoms with E-state index in [-0.39, 0.29) is 22.3 Å². The van der Waals surface area contributed by atoms with Gasteiger partial charge in [-0.15, -0.1) is 0 Å². The van der Waals surface area contributed by atoms with Gasteiger partial charge in [-0.2, -0.15) is 4.31 Å². The monoisotopic (exact) mass is 297 g/mol. The topological polar surface area (TPSA) is 107 Å². The van der Waals surface area contributed by atoms with Crippen molar-refractivity contribution in [2.45, 2.75) is 30.2 Å². The molecule has 1 heterocycles. The highest BCUT2D eigenvalue weighted by atomic mass is 32.2. The Labute approximate surface area is 116 Å². The fourth-order valence-corrected chi connectivity index (χ4v) is 5.04. The van der Waals surface area contributed by atoms with Crippen molar-refractivity contribution in [3.63, 3.8) is 0 Å². The Hall–Kier alpha value is -1.67. The molecule has 7 nitrogen and oxygen atoms in total. The summed E-state index contributed by atoms with van der Waals surface area (Å²) < 4.78 is 26.7. The number of sulfonamides is 1. The summed E-state index contributed by atoms with van der Waals surface area (Å²) in [6.07, 6.45) is 2.80. The Balaban J connectivity index is 2.03. The van der Waals surface area contributed by atoms with Crippen molar-refractivity contribution in [1.82, 2.24) is 4.31 Å². The highest BCUT2D eigenvalue weighted by Gasteiger charge is 2.44. The summed E-state index contributed by atoms with van der Waals surface area (Å²) in [4.78, 5) is 10.0. The quantitative estimate of drug-likeness (QED) is 0.515. The molecule has 2 bridgehead atoms. The molecule has 20 heavy (non-hydrogen) atoms. The molecule has 108 valence electrons. The fourth-order valence-electron chi connectivity index (χ4n) is 3.16. The zero-order chi connectivity index (χ0) is 14.5. The second kappa shape index (κ2) is 4.42. The zero-order valence-electron chi connectivity index (χ0n) is 10.7. The lowest BCUT2D eigenvalue weighted by atomic mass is 10.1. The highest BCUT2D eigenvalue weighted by molar-refractivity contribution is 7.89. The van der Waals surface area contributed by atoms with E-state index in [0.29, 0.717) is 12.5 Å². The van der Waals surface area contributed by atoms with E-state index in [2.05, 4.69) is 0 Å². The number of piperidine rings is 1. The van der Waals surface area contributed by atoms with Crippen LogP contribution in [-0.4, -0.2) is 30.2 Å². The molecule has 1 aromatic carbocycles. The van der Waals surface area contributed by atoms with Gasteiger partial charge in [-0.3, -0.25) is 10.1 Å². The molecule has 2 aliphatic rings. The van der Waals surface area contributed by atoms with Gasteiger partial charge in [0, 0.05) is 24.7 Å². The number of nitro groups is 1. The maximum Gasteiger partial charge on any atom is 0.270 e. The van der Waals surface area contributed by atoms with Crippen LogP contribution in [0, 0.1) is 16.0 Å². The maximum absolute atomic E-state index is 12.6. The van der Waals surface area contributed by atoms with Crippen LogP contribution in [0.25, 0.3) is 0 Å². The lowest BCUT2D eigenvalue weighted by Gasteiger charge is -2.26. The van der Waals surface area contributed by atoms with Gasteiger partial charge in [0.1, 0.15) is 4.90 Å². The predicted octanol–water partition coefficient (Wildman–Crippen LogP) is 1.35. The standard InChI is InChI=1S/C12H15N3O4S/c13-11-4-3-10(15(16)17)6-12(11)20(18,19)14-7-8-1-2-9(14)5-8/h3-4,6,8-9H,1-2,5,7,13H2. The van der Waals surface area contributed by atoms with Gasteiger partial charge >= 0.3 is 0 Å². The minimum Gasteiger partial charge on any atom is -0.398 e. The van der Waals surface area contributed by atoms with E-state index in [1.165, 1.54) is 16.4 Å². The summed E-state index contributed by atoms with van der Waals surface area (Å²) in [6.45, 7) is 0.495. The summed E-state index contributed by atoms with van der Waals surface area (Å²) in [5.41, 5.74) is 5.51. The van der Waals surface area contributed by atoms with Gasteiger partial charge in [-0.1, -0.05) is 0 Å². The highest BCUT2D eigenvalue weighted by Crippen LogP contribution is 2.41. The summed E-state index contributed by atoms with van der Waals surface area (Å²) >= 11 is 0. The molecule has 1 saturated carbocycles. The van der Waals surface area contributed by atoms with Crippen LogP contribution in [0.2, 0.25) is 0 Å². The predicted molar refractivity (Wildman–Crippen MR) is 72.5 cm³/mol. The van der Waals surface area contributed by atoms with Crippen LogP contribution in [0.15, 0.2) is 23.1 Å². The number of hydrogen-bond acceptors (Lipinski definition) is 5. The third-order valence-corrected chi connectivity index (χ3v) is 6.13. The van der Waals surface area contributed by atoms with Crippen LogP contribution >= 0.6 is 0 Å². The SMILES string of the molecule is Nc1ccc([N+](=O)[O-])cc1S(=O)(=O)N1CC2CCC1C2. The number of nitro benzene ring substituents is 1. The Bertz CT molecular complexity index is 673. The van der Waals surface area contributed by atoms with Gasteiger partial charge in [0.25, 0.3) is 5.69 Å². The van der Waals surface area contributed by atoms with Crippen LogP contribution < -0.4 is 5.73 Å². The molecule has 1 aliphatic carbocycles. The van der Waals surface area contributed by atoms with Gasteiger partial charge in [0.2, 0.25) is 10.0 Å². The van der Waals surface area contributed by atoms with E-state index in [0.717, 1.165) is 25.3 Å². The third kappa shape index (κ3) is 1.95. The van der Waals surface area contributed by atoms with Gasteiger partial charge in [-0.05, 0) is 31.2 Å². The Morgan fingerprint density at radius 3 is 2.65 bits per heavy atom. The van der Waals surface area contributed by atoms with Gasteiger partial charge in [0.05, 0.1) is 10.6 Å². The Kier molecular flexibility index (Phi) is 2.94. The number of nitrogen functional groups attached to an aromatic ring is 1. The van der Waals surface area contributed by atoms with Crippen LogP contribution in [0.5, 0.6) is 0 Å². The van der Waals surface area contributed by atoms with Gasteiger partial charge < -0.3 is 5.73 Å². The largest absolute Gasteiger partial charge is 0.398 e. The number of fused-ring (bicyclic) bond motifs is 2. The number of nitrogens with two attached hydrogens (primary N) is 1. The van der Waals surface area contributed by atoms with Crippen molar-refractivity contribution in [2.75, 3.05) is 12.3 Å². The molecule has 1 saturated heterocycles. The number of nitrogens with zero attached hydrogens (tertiary/aromatic N) is 2. The molecule has 2 unspecified atom stereocenters. The van der Waals surface area contributed by atoms with Crippen LogP contribution in [0.4, 0.5) is 11.4 Å². The van der Waals surface area contributed by atoms with Crippen molar-refractivity contribution >= 4 is 21.4 Å². The second-order valence-electron chi connectivity index (χ2n) is 5.39. The number of rotatable bonds is 3. The van der Waals surface area contributed by atoms with Crippen LogP contribution in [0.3, 0.4) is 0 Å². The summed E-state index contributed by atoms with van der Waals surface area (Å²) in [5, 5.41) is 10.8. The molecular weight excluding hydrogens is 282 g/mol. The van der Waals surface area contributed by atoms with Crippen LogP contribution in [0.1, 0.15) is 19.3 Å². The molecular formula is C12H15N3O4S. The lowest BCUT2D eigenvalue weighted by molar-refractivity contribution is -0.385. The average molecular weight is 297 g/mol. The first-order valence-electron chi connectivity index (χ1n) is 6.45. The number of hydrogen-bond donors (Lipinski definition) is 1. The molecule has 3 rings (SSSR count). The van der Waals surface area contributed by atoms with Gasteiger partial charge in [0.15, 0.2) is 0 Å². The molecule has 0 spiro atoms. The number of benzene rings is 1. The van der Waals surface area contributed by atoms with Crippen molar-refractivity contribution in [3.8, 4) is 0 Å². The molecule has 0 amide bonds. The fraction of sp³-hybridized carbons (Fsp3) is 0.500. The first-order chi connectivity index (χ1) is 9.39. The minimum atomic E-state index is -3.75. The lowest BCUT2D eigenvalue weighted by Crippen LogP contribution is -2.37. The molecule has 2 N–H and O–H groups in total. The molecule has 0 aromatic heterocycles. The van der Waals surface area contributed by atoms with E-state index in [4.69, 9.17) is 5.73 Å². The smallest absolute Gasteiger partial charge is 0.270 e. The van der Waals surface area contributed by atoms with E-state index >= 15 is 0 Å². The van der Waals surface area contributed by atoms with E-state index in [1.54, 1.807) is 0 Å². The van der Waals surface area contributed by atoms with Crippen molar-refractivity contribution < 1.29 is 13.3 Å². The van der Waals surface area contributed by atoms with Gasteiger partial charge in [-0.25, -0.2) is 8.42 Å². The normalized spacial score (nSPS) is 26.0. The van der Waals surface area contributed by atoms with E-state index in [9.17, 15) is 18.5 Å². The van der Waals surface area contributed by atoms with Crippen LogP contribution in [-0.2, 0) is 10.0 Å². The molecule has 1 aliphatic heterocycles. The summed E-state index contributed by atoms with van der Waals surface area (Å²) in [6, 6.07) is 3.56.